The molecule has 0 spiro atoms. The van der Waals surface area contributed by atoms with E-state index in [0.717, 1.165) is 30.6 Å². The Hall–Kier alpha value is -3.52. The molecule has 7 nitrogen and oxygen atoms in total. The standard InChI is InChI=1S/C29H34N2O5S/c1-34-23-14-12-22(13-15-23)31(27(32)19-24-10-7-17-37-24)28(29(33)30-21-8-5-4-6-9-21)20-11-16-25(35-2)26(18-20)36-3/h7,10-18,21,28H,4-6,8-9,19H2,1-3H3,(H,30,33). The summed E-state index contributed by atoms with van der Waals surface area (Å²) in [7, 11) is 4.72. The first-order chi connectivity index (χ1) is 18.0. The molecule has 1 N–H and O–H groups in total. The van der Waals surface area contributed by atoms with Crippen LogP contribution in [-0.2, 0) is 16.0 Å². The monoisotopic (exact) mass is 522 g/mol. The van der Waals surface area contributed by atoms with Crippen LogP contribution in [0.2, 0.25) is 0 Å². The highest BCUT2D eigenvalue weighted by Gasteiger charge is 2.35. The van der Waals surface area contributed by atoms with Gasteiger partial charge in [0.05, 0.1) is 27.8 Å². The molecule has 37 heavy (non-hydrogen) atoms. The lowest BCUT2D eigenvalue weighted by molar-refractivity contribution is -0.127. The number of benzene rings is 2. The van der Waals surface area contributed by atoms with E-state index < -0.39 is 6.04 Å². The van der Waals surface area contributed by atoms with E-state index in [1.165, 1.54) is 17.8 Å². The average molecular weight is 523 g/mol. The van der Waals surface area contributed by atoms with Crippen LogP contribution >= 0.6 is 11.3 Å². The molecule has 196 valence electrons. The number of ether oxygens (including phenoxy) is 3. The molecule has 0 aliphatic heterocycles. The Morgan fingerprint density at radius 3 is 2.30 bits per heavy atom. The first kappa shape index (κ1) is 26.5. The predicted octanol–water partition coefficient (Wildman–Crippen LogP) is 5.54. The molecule has 4 rings (SSSR count). The highest BCUT2D eigenvalue weighted by atomic mass is 32.1. The van der Waals surface area contributed by atoms with E-state index in [0.29, 0.717) is 28.5 Å². The third kappa shape index (κ3) is 6.43. The van der Waals surface area contributed by atoms with Gasteiger partial charge in [0.1, 0.15) is 11.8 Å². The molecule has 2 aromatic carbocycles. The number of hydrogen-bond donors (Lipinski definition) is 1. The van der Waals surface area contributed by atoms with Gasteiger partial charge in [0, 0.05) is 16.6 Å². The summed E-state index contributed by atoms with van der Waals surface area (Å²) in [6.45, 7) is 0. The van der Waals surface area contributed by atoms with Crippen molar-refractivity contribution in [3.8, 4) is 17.2 Å². The van der Waals surface area contributed by atoms with E-state index in [1.54, 1.807) is 50.5 Å². The molecule has 0 radical (unpaired) electrons. The summed E-state index contributed by atoms with van der Waals surface area (Å²) in [5, 5.41) is 5.19. The molecule has 0 bridgehead atoms. The van der Waals surface area contributed by atoms with Crippen molar-refractivity contribution in [2.75, 3.05) is 26.2 Å². The van der Waals surface area contributed by atoms with Crippen molar-refractivity contribution in [1.29, 1.82) is 0 Å². The fourth-order valence-electron chi connectivity index (χ4n) is 4.79. The van der Waals surface area contributed by atoms with Gasteiger partial charge >= 0.3 is 0 Å². The van der Waals surface area contributed by atoms with Crippen molar-refractivity contribution in [1.82, 2.24) is 5.32 Å². The third-order valence-corrected chi connectivity index (χ3v) is 7.58. The Balaban J connectivity index is 1.79. The lowest BCUT2D eigenvalue weighted by Crippen LogP contribution is -2.47. The van der Waals surface area contributed by atoms with Crippen molar-refractivity contribution in [3.05, 3.63) is 70.4 Å². The number of thiophene rings is 1. The first-order valence-electron chi connectivity index (χ1n) is 12.5. The molecule has 0 saturated heterocycles. The van der Waals surface area contributed by atoms with E-state index in [4.69, 9.17) is 14.2 Å². The molecule has 1 fully saturated rings. The SMILES string of the molecule is COc1ccc(N(C(=O)Cc2cccs2)C(C(=O)NC2CCCCC2)c2ccc(OC)c(OC)c2)cc1. The number of nitrogens with zero attached hydrogens (tertiary/aromatic N) is 1. The summed E-state index contributed by atoms with van der Waals surface area (Å²) >= 11 is 1.52. The third-order valence-electron chi connectivity index (χ3n) is 6.71. The number of rotatable bonds is 10. The maximum atomic E-state index is 14.0. The molecule has 1 unspecified atom stereocenters. The minimum absolute atomic E-state index is 0.0917. The number of nitrogens with one attached hydrogen (secondary N) is 1. The highest BCUT2D eigenvalue weighted by molar-refractivity contribution is 7.10. The second-order valence-electron chi connectivity index (χ2n) is 9.08. The molecule has 8 heteroatoms. The molecular formula is C29H34N2O5S. The lowest BCUT2D eigenvalue weighted by atomic mass is 9.94. The molecule has 2 amide bonds. The smallest absolute Gasteiger partial charge is 0.248 e. The number of hydrogen-bond acceptors (Lipinski definition) is 6. The minimum Gasteiger partial charge on any atom is -0.497 e. The largest absolute Gasteiger partial charge is 0.497 e. The topological polar surface area (TPSA) is 77.1 Å². The van der Waals surface area contributed by atoms with Crippen LogP contribution in [-0.4, -0.2) is 39.2 Å². The lowest BCUT2D eigenvalue weighted by Gasteiger charge is -2.33. The molecule has 1 aliphatic carbocycles. The second kappa shape index (κ2) is 12.6. The first-order valence-corrected chi connectivity index (χ1v) is 13.4. The Labute approximate surface area is 222 Å². The van der Waals surface area contributed by atoms with E-state index in [9.17, 15) is 9.59 Å². The van der Waals surface area contributed by atoms with Crippen LogP contribution in [0.3, 0.4) is 0 Å². The van der Waals surface area contributed by atoms with Gasteiger partial charge in [-0.05, 0) is 66.2 Å². The van der Waals surface area contributed by atoms with Crippen LogP contribution in [0.4, 0.5) is 5.69 Å². The number of amides is 2. The molecular weight excluding hydrogens is 488 g/mol. The number of carbonyl (C=O) groups is 2. The summed E-state index contributed by atoms with van der Waals surface area (Å²) in [6.07, 6.45) is 5.43. The van der Waals surface area contributed by atoms with Gasteiger partial charge in [-0.15, -0.1) is 11.3 Å². The van der Waals surface area contributed by atoms with Crippen LogP contribution in [0.15, 0.2) is 60.0 Å². The quantitative estimate of drug-likeness (QED) is 0.378. The Kier molecular flexibility index (Phi) is 9.06. The van der Waals surface area contributed by atoms with Crippen LogP contribution < -0.4 is 24.4 Å². The summed E-state index contributed by atoms with van der Waals surface area (Å²) in [5.74, 6) is 1.33. The maximum Gasteiger partial charge on any atom is 0.248 e. The van der Waals surface area contributed by atoms with Crippen molar-refractivity contribution < 1.29 is 23.8 Å². The van der Waals surface area contributed by atoms with Gasteiger partial charge in [-0.2, -0.15) is 0 Å². The van der Waals surface area contributed by atoms with Gasteiger partial charge in [-0.1, -0.05) is 31.4 Å². The van der Waals surface area contributed by atoms with Gasteiger partial charge in [0.25, 0.3) is 0 Å². The van der Waals surface area contributed by atoms with Gasteiger partial charge < -0.3 is 19.5 Å². The Bertz CT molecular complexity index is 1170. The summed E-state index contributed by atoms with van der Waals surface area (Å²) in [4.78, 5) is 30.5. The number of anilines is 1. The van der Waals surface area contributed by atoms with Gasteiger partial charge in [0.2, 0.25) is 11.8 Å². The Morgan fingerprint density at radius 1 is 0.946 bits per heavy atom. The fraction of sp³-hybridized carbons (Fsp3) is 0.379. The second-order valence-corrected chi connectivity index (χ2v) is 10.1. The minimum atomic E-state index is -0.900. The zero-order valence-electron chi connectivity index (χ0n) is 21.6. The van der Waals surface area contributed by atoms with Crippen LogP contribution in [0, 0.1) is 0 Å². The summed E-state index contributed by atoms with van der Waals surface area (Å²) in [5.41, 5.74) is 1.25. The number of carbonyl (C=O) groups excluding carboxylic acids is 2. The molecule has 1 heterocycles. The maximum absolute atomic E-state index is 14.0. The van der Waals surface area contributed by atoms with Crippen molar-refractivity contribution in [2.24, 2.45) is 0 Å². The highest BCUT2D eigenvalue weighted by Crippen LogP contribution is 2.36. The fourth-order valence-corrected chi connectivity index (χ4v) is 5.49. The van der Waals surface area contributed by atoms with E-state index in [-0.39, 0.29) is 24.3 Å². The summed E-state index contributed by atoms with van der Waals surface area (Å²) < 4.78 is 16.3. The van der Waals surface area contributed by atoms with E-state index in [1.807, 2.05) is 35.7 Å². The number of methoxy groups -OCH3 is 3. The zero-order valence-corrected chi connectivity index (χ0v) is 22.4. The molecule has 3 aromatic rings. The van der Waals surface area contributed by atoms with E-state index >= 15 is 0 Å². The van der Waals surface area contributed by atoms with Crippen LogP contribution in [0.1, 0.15) is 48.6 Å². The summed E-state index contributed by atoms with van der Waals surface area (Å²) in [6, 6.07) is 15.6. The molecule has 1 saturated carbocycles. The average Bonchev–Trinajstić information content (AvgIpc) is 3.44. The Morgan fingerprint density at radius 2 is 1.68 bits per heavy atom. The predicted molar refractivity (Wildman–Crippen MR) is 146 cm³/mol. The van der Waals surface area contributed by atoms with Gasteiger partial charge in [-0.25, -0.2) is 0 Å². The van der Waals surface area contributed by atoms with E-state index in [2.05, 4.69) is 5.32 Å². The molecule has 1 atom stereocenters. The molecule has 1 aliphatic rings. The molecule has 1 aromatic heterocycles. The van der Waals surface area contributed by atoms with Gasteiger partial charge in [-0.3, -0.25) is 14.5 Å². The normalized spacial score (nSPS) is 14.5. The zero-order chi connectivity index (χ0) is 26.2. The van der Waals surface area contributed by atoms with Crippen molar-refractivity contribution in [2.45, 2.75) is 50.6 Å². The van der Waals surface area contributed by atoms with Crippen molar-refractivity contribution >= 4 is 28.8 Å². The van der Waals surface area contributed by atoms with Crippen LogP contribution in [0.25, 0.3) is 0 Å². The van der Waals surface area contributed by atoms with Crippen LogP contribution in [0.5, 0.6) is 17.2 Å². The van der Waals surface area contributed by atoms with Crippen molar-refractivity contribution in [3.63, 3.8) is 0 Å². The van der Waals surface area contributed by atoms with Gasteiger partial charge in [0.15, 0.2) is 11.5 Å².